The van der Waals surface area contributed by atoms with Crippen molar-refractivity contribution in [2.75, 3.05) is 0 Å². The van der Waals surface area contributed by atoms with Crippen LogP contribution in [0, 0.1) is 0 Å². The van der Waals surface area contributed by atoms with Crippen LogP contribution in [0.5, 0.6) is 0 Å². The van der Waals surface area contributed by atoms with Crippen LogP contribution in [0.2, 0.25) is 10.0 Å². The molecule has 1 aromatic carbocycles. The number of hydrogen-bond donors (Lipinski definition) is 1. The van der Waals surface area contributed by atoms with Crippen LogP contribution >= 0.6 is 23.2 Å². The van der Waals surface area contributed by atoms with Gasteiger partial charge in [0.05, 0.1) is 15.8 Å². The van der Waals surface area contributed by atoms with Crippen molar-refractivity contribution in [3.8, 4) is 0 Å². The fraction of sp³-hybridized carbons (Fsp3) is 0.556. The third kappa shape index (κ3) is 8.38. The molecule has 0 aliphatic heterocycles. The van der Waals surface area contributed by atoms with Crippen LogP contribution in [0.4, 0.5) is 0 Å². The number of nitrogens with zero attached hydrogens (tertiary/aromatic N) is 1. The van der Waals surface area contributed by atoms with Gasteiger partial charge in [0.15, 0.2) is 0 Å². The number of carbonyl (C=O) groups is 1. The van der Waals surface area contributed by atoms with E-state index in [-0.39, 0.29) is 5.91 Å². The van der Waals surface area contributed by atoms with Gasteiger partial charge in [-0.25, -0.2) is 5.43 Å². The fourth-order valence-electron chi connectivity index (χ4n) is 2.23. The van der Waals surface area contributed by atoms with E-state index in [1.807, 2.05) is 13.0 Å². The average molecular weight is 357 g/mol. The number of carbonyl (C=O) groups excluding carboxylic acids is 1. The molecule has 0 unspecified atom stereocenters. The van der Waals surface area contributed by atoms with Gasteiger partial charge in [0, 0.05) is 6.42 Å². The second kappa shape index (κ2) is 11.5. The van der Waals surface area contributed by atoms with Crippen molar-refractivity contribution in [2.24, 2.45) is 5.10 Å². The van der Waals surface area contributed by atoms with Crippen LogP contribution in [-0.2, 0) is 4.79 Å². The summed E-state index contributed by atoms with van der Waals surface area (Å²) in [7, 11) is 0. The normalized spacial score (nSPS) is 11.6. The maximum atomic E-state index is 11.8. The third-order valence-corrected chi connectivity index (χ3v) is 4.43. The first-order valence-electron chi connectivity index (χ1n) is 8.33. The van der Waals surface area contributed by atoms with Crippen LogP contribution < -0.4 is 5.43 Å². The van der Waals surface area contributed by atoms with Crippen LogP contribution in [-0.4, -0.2) is 11.6 Å². The molecule has 1 rings (SSSR count). The van der Waals surface area contributed by atoms with Gasteiger partial charge >= 0.3 is 0 Å². The number of benzene rings is 1. The van der Waals surface area contributed by atoms with Gasteiger partial charge in [-0.3, -0.25) is 4.79 Å². The number of nitrogens with one attached hydrogen (secondary N) is 1. The molecular weight excluding hydrogens is 331 g/mol. The van der Waals surface area contributed by atoms with E-state index in [1.54, 1.807) is 12.1 Å². The molecule has 0 aliphatic carbocycles. The Morgan fingerprint density at radius 3 is 2.35 bits per heavy atom. The van der Waals surface area contributed by atoms with E-state index in [1.165, 1.54) is 32.1 Å². The minimum atomic E-state index is -0.0435. The molecule has 0 aromatic heterocycles. The summed E-state index contributed by atoms with van der Waals surface area (Å²) in [6.45, 7) is 4.04. The molecule has 0 bridgehead atoms. The molecule has 1 N–H and O–H groups in total. The monoisotopic (exact) mass is 356 g/mol. The zero-order chi connectivity index (χ0) is 17.1. The first-order valence-corrected chi connectivity index (χ1v) is 9.08. The highest BCUT2D eigenvalue weighted by Gasteiger charge is 2.04. The largest absolute Gasteiger partial charge is 0.273 e. The molecule has 0 radical (unpaired) electrons. The molecule has 128 valence electrons. The van der Waals surface area contributed by atoms with Crippen LogP contribution in [0.15, 0.2) is 23.3 Å². The van der Waals surface area contributed by atoms with Gasteiger partial charge in [-0.1, -0.05) is 74.7 Å². The molecule has 0 saturated heterocycles. The van der Waals surface area contributed by atoms with Gasteiger partial charge in [0.1, 0.15) is 0 Å². The van der Waals surface area contributed by atoms with E-state index in [2.05, 4.69) is 17.5 Å². The summed E-state index contributed by atoms with van der Waals surface area (Å²) in [5.74, 6) is -0.0435. The Morgan fingerprint density at radius 2 is 1.70 bits per heavy atom. The number of hydrogen-bond acceptors (Lipinski definition) is 2. The summed E-state index contributed by atoms with van der Waals surface area (Å²) < 4.78 is 0. The molecule has 0 aliphatic rings. The number of unbranched alkanes of at least 4 members (excludes halogenated alkanes) is 6. The van der Waals surface area contributed by atoms with Crippen LogP contribution in [0.25, 0.3) is 0 Å². The maximum Gasteiger partial charge on any atom is 0.240 e. The van der Waals surface area contributed by atoms with Crippen molar-refractivity contribution in [1.29, 1.82) is 0 Å². The minimum absolute atomic E-state index is 0.0435. The van der Waals surface area contributed by atoms with Gasteiger partial charge in [-0.2, -0.15) is 5.10 Å². The Kier molecular flexibility index (Phi) is 9.97. The predicted octanol–water partition coefficient (Wildman–Crippen LogP) is 5.97. The summed E-state index contributed by atoms with van der Waals surface area (Å²) in [5.41, 5.74) is 4.15. The SMILES string of the molecule is CCCCCCCCCC(=O)NN=C(C)c1ccc(Cl)c(Cl)c1. The Morgan fingerprint density at radius 1 is 1.04 bits per heavy atom. The molecule has 1 amide bonds. The van der Waals surface area contributed by atoms with E-state index in [9.17, 15) is 4.79 Å². The van der Waals surface area contributed by atoms with Crippen LogP contribution in [0.3, 0.4) is 0 Å². The molecule has 1 aromatic rings. The zero-order valence-corrected chi connectivity index (χ0v) is 15.5. The number of rotatable bonds is 10. The Bertz CT molecular complexity index is 530. The lowest BCUT2D eigenvalue weighted by Gasteiger charge is -2.04. The first kappa shape index (κ1) is 20.0. The van der Waals surface area contributed by atoms with E-state index in [4.69, 9.17) is 23.2 Å². The summed E-state index contributed by atoms with van der Waals surface area (Å²) in [4.78, 5) is 11.8. The van der Waals surface area contributed by atoms with Crippen molar-refractivity contribution in [3.05, 3.63) is 33.8 Å². The summed E-state index contributed by atoms with van der Waals surface area (Å²) in [6, 6.07) is 5.29. The lowest BCUT2D eigenvalue weighted by molar-refractivity contribution is -0.121. The smallest absolute Gasteiger partial charge is 0.240 e. The Hall–Kier alpha value is -1.06. The second-order valence-electron chi connectivity index (χ2n) is 5.73. The van der Waals surface area contributed by atoms with E-state index < -0.39 is 0 Å². The lowest BCUT2D eigenvalue weighted by Crippen LogP contribution is -2.18. The highest BCUT2D eigenvalue weighted by atomic mass is 35.5. The summed E-state index contributed by atoms with van der Waals surface area (Å²) in [6.07, 6.45) is 8.89. The quantitative estimate of drug-likeness (QED) is 0.313. The molecule has 0 atom stereocenters. The average Bonchev–Trinajstić information content (AvgIpc) is 2.54. The van der Waals surface area contributed by atoms with E-state index >= 15 is 0 Å². The third-order valence-electron chi connectivity index (χ3n) is 3.69. The van der Waals surface area contributed by atoms with Gasteiger partial charge in [-0.05, 0) is 31.0 Å². The van der Waals surface area contributed by atoms with Gasteiger partial charge < -0.3 is 0 Å². The Balaban J connectivity index is 2.27. The molecule has 23 heavy (non-hydrogen) atoms. The van der Waals surface area contributed by atoms with Crippen molar-refractivity contribution >= 4 is 34.8 Å². The molecule has 0 saturated carbocycles. The van der Waals surface area contributed by atoms with E-state index in [0.29, 0.717) is 22.2 Å². The standard InChI is InChI=1S/C18H26Cl2N2O/c1-3-4-5-6-7-8-9-10-18(23)22-21-14(2)15-11-12-16(19)17(20)13-15/h11-13H,3-10H2,1-2H3,(H,22,23). The molecule has 0 fully saturated rings. The number of amides is 1. The predicted molar refractivity (Wildman–Crippen MR) is 99.4 cm³/mol. The van der Waals surface area contributed by atoms with Gasteiger partial charge in [-0.15, -0.1) is 0 Å². The van der Waals surface area contributed by atoms with Crippen molar-refractivity contribution < 1.29 is 4.79 Å². The minimum Gasteiger partial charge on any atom is -0.273 e. The highest BCUT2D eigenvalue weighted by Crippen LogP contribution is 2.22. The van der Waals surface area contributed by atoms with Crippen molar-refractivity contribution in [3.63, 3.8) is 0 Å². The fourth-order valence-corrected chi connectivity index (χ4v) is 2.53. The van der Waals surface area contributed by atoms with Crippen LogP contribution in [0.1, 0.15) is 70.8 Å². The van der Waals surface area contributed by atoms with Crippen molar-refractivity contribution in [2.45, 2.75) is 65.2 Å². The first-order chi connectivity index (χ1) is 11.0. The lowest BCUT2D eigenvalue weighted by atomic mass is 10.1. The number of halogens is 2. The van der Waals surface area contributed by atoms with Crippen molar-refractivity contribution in [1.82, 2.24) is 5.43 Å². The maximum absolute atomic E-state index is 11.8. The highest BCUT2D eigenvalue weighted by molar-refractivity contribution is 6.42. The topological polar surface area (TPSA) is 41.5 Å². The molecule has 3 nitrogen and oxygen atoms in total. The Labute approximate surface area is 149 Å². The molecule has 0 spiro atoms. The molecular formula is C18H26Cl2N2O. The molecule has 5 heteroatoms. The van der Waals surface area contributed by atoms with Gasteiger partial charge in [0.2, 0.25) is 5.91 Å². The van der Waals surface area contributed by atoms with E-state index in [0.717, 1.165) is 18.4 Å². The molecule has 0 heterocycles. The second-order valence-corrected chi connectivity index (χ2v) is 6.55. The zero-order valence-electron chi connectivity index (χ0n) is 14.0. The van der Waals surface area contributed by atoms with Gasteiger partial charge in [0.25, 0.3) is 0 Å². The summed E-state index contributed by atoms with van der Waals surface area (Å²) in [5, 5.41) is 5.11. The number of hydrazone groups is 1. The summed E-state index contributed by atoms with van der Waals surface area (Å²) >= 11 is 11.9.